The molecule has 0 unspecified atom stereocenters. The van der Waals surface area contributed by atoms with E-state index >= 15 is 0 Å². The molecule has 3 saturated carbocycles. The fourth-order valence-corrected chi connectivity index (χ4v) is 8.13. The lowest BCUT2D eigenvalue weighted by molar-refractivity contribution is -0.133. The SMILES string of the molecule is C[C@]12CCC(=O)C=C1CC[C@@H]1[C@@H]2CC[C@@]2(C)[C@H]1CC[C@@]2(O)CCCCI. The summed E-state index contributed by atoms with van der Waals surface area (Å²) in [5, 5.41) is 11.6. The highest BCUT2D eigenvalue weighted by atomic mass is 127. The number of hydrogen-bond acceptors (Lipinski definition) is 2. The van der Waals surface area contributed by atoms with Crippen molar-refractivity contribution in [3.8, 4) is 0 Å². The maximum absolute atomic E-state index is 12.0. The third-order valence-electron chi connectivity index (χ3n) is 9.26. The van der Waals surface area contributed by atoms with Crippen LogP contribution in [0.5, 0.6) is 0 Å². The first kappa shape index (κ1) is 19.4. The Morgan fingerprint density at radius 3 is 2.62 bits per heavy atom. The van der Waals surface area contributed by atoms with Gasteiger partial charge in [-0.3, -0.25) is 4.79 Å². The Morgan fingerprint density at radius 1 is 1.08 bits per heavy atom. The minimum atomic E-state index is -0.437. The van der Waals surface area contributed by atoms with Crippen LogP contribution in [-0.2, 0) is 4.79 Å². The van der Waals surface area contributed by atoms with Crippen LogP contribution < -0.4 is 0 Å². The van der Waals surface area contributed by atoms with Crippen molar-refractivity contribution in [3.63, 3.8) is 0 Å². The molecule has 0 aromatic rings. The molecule has 0 amide bonds. The smallest absolute Gasteiger partial charge is 0.155 e. The number of ketones is 1. The van der Waals surface area contributed by atoms with Gasteiger partial charge in [-0.05, 0) is 103 Å². The third-order valence-corrected chi connectivity index (χ3v) is 10.0. The van der Waals surface area contributed by atoms with Crippen LogP contribution in [0.3, 0.4) is 0 Å². The lowest BCUT2D eigenvalue weighted by Gasteiger charge is -2.59. The van der Waals surface area contributed by atoms with E-state index in [0.29, 0.717) is 11.7 Å². The molecule has 0 saturated heterocycles. The van der Waals surface area contributed by atoms with Crippen molar-refractivity contribution < 1.29 is 9.90 Å². The molecule has 0 aromatic heterocycles. The maximum atomic E-state index is 12.0. The Kier molecular flexibility index (Phi) is 5.12. The number of alkyl halides is 1. The van der Waals surface area contributed by atoms with E-state index in [1.165, 1.54) is 48.5 Å². The number of halogens is 1. The van der Waals surface area contributed by atoms with E-state index in [0.717, 1.165) is 43.9 Å². The number of unbranched alkanes of at least 4 members (excludes halogenated alkanes) is 1. The van der Waals surface area contributed by atoms with Gasteiger partial charge in [0.2, 0.25) is 0 Å². The van der Waals surface area contributed by atoms with Crippen molar-refractivity contribution in [3.05, 3.63) is 11.6 Å². The van der Waals surface area contributed by atoms with E-state index in [1.54, 1.807) is 0 Å². The maximum Gasteiger partial charge on any atom is 0.155 e. The number of fused-ring (bicyclic) bond motifs is 5. The second-order valence-corrected chi connectivity index (χ2v) is 11.2. The van der Waals surface area contributed by atoms with Gasteiger partial charge in [0.05, 0.1) is 5.60 Å². The lowest BCUT2D eigenvalue weighted by Crippen LogP contribution is -2.54. The first-order chi connectivity index (χ1) is 12.3. The second-order valence-electron chi connectivity index (χ2n) is 10.1. The van der Waals surface area contributed by atoms with Gasteiger partial charge in [-0.15, -0.1) is 0 Å². The van der Waals surface area contributed by atoms with Crippen LogP contribution in [0.2, 0.25) is 0 Å². The Labute approximate surface area is 172 Å². The predicted octanol–water partition coefficient (Wildman–Crippen LogP) is 5.85. The molecule has 4 aliphatic rings. The van der Waals surface area contributed by atoms with E-state index in [2.05, 4.69) is 36.4 Å². The monoisotopic (exact) mass is 470 g/mol. The van der Waals surface area contributed by atoms with Crippen molar-refractivity contribution in [2.45, 2.75) is 90.1 Å². The van der Waals surface area contributed by atoms with Crippen LogP contribution in [0.25, 0.3) is 0 Å². The number of hydrogen-bond donors (Lipinski definition) is 1. The minimum Gasteiger partial charge on any atom is -0.389 e. The van der Waals surface area contributed by atoms with Gasteiger partial charge in [0.25, 0.3) is 0 Å². The first-order valence-corrected chi connectivity index (χ1v) is 12.4. The summed E-state index contributed by atoms with van der Waals surface area (Å²) in [5.41, 5.74) is 1.38. The number of aliphatic hydroxyl groups is 1. The first-order valence-electron chi connectivity index (χ1n) is 10.9. The summed E-state index contributed by atoms with van der Waals surface area (Å²) in [5.74, 6) is 2.51. The Bertz CT molecular complexity index is 613. The summed E-state index contributed by atoms with van der Waals surface area (Å²) in [4.78, 5) is 12.0. The van der Waals surface area contributed by atoms with Crippen molar-refractivity contribution in [1.82, 2.24) is 0 Å². The average Bonchev–Trinajstić information content (AvgIpc) is 2.87. The van der Waals surface area contributed by atoms with Gasteiger partial charge in [0.15, 0.2) is 5.78 Å². The molecule has 4 rings (SSSR count). The summed E-state index contributed by atoms with van der Waals surface area (Å²) < 4.78 is 1.20. The molecule has 3 fully saturated rings. The average molecular weight is 470 g/mol. The van der Waals surface area contributed by atoms with Crippen molar-refractivity contribution in [2.75, 3.05) is 4.43 Å². The van der Waals surface area contributed by atoms with Crippen LogP contribution in [0, 0.1) is 28.6 Å². The fourth-order valence-electron chi connectivity index (χ4n) is 7.59. The van der Waals surface area contributed by atoms with Crippen molar-refractivity contribution in [2.24, 2.45) is 28.6 Å². The Morgan fingerprint density at radius 2 is 1.85 bits per heavy atom. The summed E-state index contributed by atoms with van der Waals surface area (Å²) in [6.45, 7) is 4.87. The molecular weight excluding hydrogens is 435 g/mol. The molecule has 0 bridgehead atoms. The van der Waals surface area contributed by atoms with Gasteiger partial charge in [0.1, 0.15) is 0 Å². The molecule has 0 heterocycles. The molecule has 0 aromatic carbocycles. The van der Waals surface area contributed by atoms with Crippen molar-refractivity contribution >= 4 is 28.4 Å². The molecule has 26 heavy (non-hydrogen) atoms. The largest absolute Gasteiger partial charge is 0.389 e. The van der Waals surface area contributed by atoms with Gasteiger partial charge in [0, 0.05) is 6.42 Å². The summed E-state index contributed by atoms with van der Waals surface area (Å²) >= 11 is 2.45. The van der Waals surface area contributed by atoms with Crippen LogP contribution in [0.15, 0.2) is 11.6 Å². The van der Waals surface area contributed by atoms with Gasteiger partial charge in [-0.25, -0.2) is 0 Å². The molecule has 1 N–H and O–H groups in total. The van der Waals surface area contributed by atoms with Crippen molar-refractivity contribution in [1.29, 1.82) is 0 Å². The van der Waals surface area contributed by atoms with E-state index in [9.17, 15) is 9.90 Å². The standard InChI is InChI=1S/C23H35IO2/c1-21-11-7-17(25)15-16(21)5-6-18-19(21)8-12-22(2)20(18)9-13-23(22,26)10-3-4-14-24/h15,18-20,26H,3-14H2,1-2H3/t18-,19+,20+,21+,22+,23+/m1/s1. The molecule has 146 valence electrons. The lowest BCUT2D eigenvalue weighted by atomic mass is 9.46. The van der Waals surface area contributed by atoms with E-state index in [1.807, 2.05) is 6.08 Å². The molecular formula is C23H35IO2. The molecule has 4 aliphatic carbocycles. The van der Waals surface area contributed by atoms with E-state index < -0.39 is 5.60 Å². The quantitative estimate of drug-likeness (QED) is 0.318. The Balaban J connectivity index is 1.58. The van der Waals surface area contributed by atoms with Gasteiger partial charge in [-0.1, -0.05) is 42.0 Å². The van der Waals surface area contributed by atoms with Crippen LogP contribution in [0.4, 0.5) is 0 Å². The number of carbonyl (C=O) groups excluding carboxylic acids is 1. The van der Waals surface area contributed by atoms with Crippen LogP contribution in [0.1, 0.15) is 84.5 Å². The molecule has 0 spiro atoms. The van der Waals surface area contributed by atoms with Gasteiger partial charge < -0.3 is 5.11 Å². The minimum absolute atomic E-state index is 0.113. The van der Waals surface area contributed by atoms with Crippen LogP contribution >= 0.6 is 22.6 Å². The fraction of sp³-hybridized carbons (Fsp3) is 0.870. The zero-order valence-corrected chi connectivity index (χ0v) is 18.7. The predicted molar refractivity (Wildman–Crippen MR) is 114 cm³/mol. The zero-order chi connectivity index (χ0) is 18.6. The third kappa shape index (κ3) is 2.77. The number of allylic oxidation sites excluding steroid dienone is 1. The zero-order valence-electron chi connectivity index (χ0n) is 16.5. The molecule has 2 nitrogen and oxygen atoms in total. The van der Waals surface area contributed by atoms with Gasteiger partial charge >= 0.3 is 0 Å². The summed E-state index contributed by atoms with van der Waals surface area (Å²) in [7, 11) is 0. The van der Waals surface area contributed by atoms with Gasteiger partial charge in [-0.2, -0.15) is 0 Å². The van der Waals surface area contributed by atoms with E-state index in [-0.39, 0.29) is 10.8 Å². The Hall–Kier alpha value is 0.1000. The summed E-state index contributed by atoms with van der Waals surface area (Å²) in [6, 6.07) is 0. The van der Waals surface area contributed by atoms with Crippen LogP contribution in [-0.4, -0.2) is 20.9 Å². The number of rotatable bonds is 4. The normalized spacial score (nSPS) is 47.8. The molecule has 3 heteroatoms. The summed E-state index contributed by atoms with van der Waals surface area (Å²) in [6.07, 6.45) is 14.2. The highest BCUT2D eigenvalue weighted by Crippen LogP contribution is 2.68. The molecule has 0 radical (unpaired) electrons. The topological polar surface area (TPSA) is 37.3 Å². The second kappa shape index (κ2) is 6.86. The highest BCUT2D eigenvalue weighted by Gasteiger charge is 2.63. The number of carbonyl (C=O) groups is 1. The highest BCUT2D eigenvalue weighted by molar-refractivity contribution is 14.1. The molecule has 6 atom stereocenters. The molecule has 0 aliphatic heterocycles. The van der Waals surface area contributed by atoms with E-state index in [4.69, 9.17) is 0 Å².